The topological polar surface area (TPSA) is 52.0 Å². The summed E-state index contributed by atoms with van der Waals surface area (Å²) < 4.78 is 0. The van der Waals surface area contributed by atoms with Gasteiger partial charge in [0.05, 0.1) is 0 Å². The second-order valence-corrected chi connectivity index (χ2v) is 3.30. The molecule has 0 bridgehead atoms. The molecule has 0 aliphatic carbocycles. The Balaban J connectivity index is 2.35. The van der Waals surface area contributed by atoms with E-state index in [-0.39, 0.29) is 6.04 Å². The maximum atomic E-state index is 5.99. The first kappa shape index (κ1) is 10.2. The van der Waals surface area contributed by atoms with Crippen LogP contribution in [0.5, 0.6) is 0 Å². The Kier molecular flexibility index (Phi) is 4.50. The molecular formula is C11H18N2. The number of benzene rings is 1. The van der Waals surface area contributed by atoms with E-state index in [1.54, 1.807) is 0 Å². The molecule has 2 nitrogen and oxygen atoms in total. The average Bonchev–Trinajstić information content (AvgIpc) is 2.19. The van der Waals surface area contributed by atoms with Gasteiger partial charge in [-0.1, -0.05) is 36.8 Å². The lowest BCUT2D eigenvalue weighted by Crippen LogP contribution is -2.10. The molecule has 0 spiro atoms. The van der Waals surface area contributed by atoms with Crippen molar-refractivity contribution in [1.82, 2.24) is 0 Å². The molecule has 0 fully saturated rings. The van der Waals surface area contributed by atoms with Crippen LogP contribution in [0.15, 0.2) is 30.3 Å². The lowest BCUT2D eigenvalue weighted by molar-refractivity contribution is 0.591. The highest BCUT2D eigenvalue weighted by Gasteiger charge is 2.03. The molecule has 1 aromatic rings. The fraction of sp³-hybridized carbons (Fsp3) is 0.455. The smallest absolute Gasteiger partial charge is 0.0294 e. The third-order valence-electron chi connectivity index (χ3n) is 2.20. The first-order valence-corrected chi connectivity index (χ1v) is 4.85. The van der Waals surface area contributed by atoms with Gasteiger partial charge in [-0.25, -0.2) is 0 Å². The van der Waals surface area contributed by atoms with Crippen LogP contribution in [0.2, 0.25) is 0 Å². The summed E-state index contributed by atoms with van der Waals surface area (Å²) in [6.45, 7) is 0.765. The van der Waals surface area contributed by atoms with Crippen LogP contribution in [-0.4, -0.2) is 6.54 Å². The van der Waals surface area contributed by atoms with E-state index in [9.17, 15) is 0 Å². The van der Waals surface area contributed by atoms with E-state index in [1.165, 1.54) is 5.56 Å². The van der Waals surface area contributed by atoms with Gasteiger partial charge in [0, 0.05) is 6.04 Å². The van der Waals surface area contributed by atoms with Gasteiger partial charge in [-0.3, -0.25) is 0 Å². The SMILES string of the molecule is NCCCC[C@H](N)c1ccccc1. The minimum Gasteiger partial charge on any atom is -0.330 e. The molecule has 0 amide bonds. The van der Waals surface area contributed by atoms with E-state index in [4.69, 9.17) is 11.5 Å². The molecule has 0 aromatic heterocycles. The molecular weight excluding hydrogens is 160 g/mol. The zero-order valence-corrected chi connectivity index (χ0v) is 7.95. The minimum atomic E-state index is 0.174. The van der Waals surface area contributed by atoms with Crippen molar-refractivity contribution in [3.63, 3.8) is 0 Å². The van der Waals surface area contributed by atoms with E-state index in [0.29, 0.717) is 0 Å². The van der Waals surface area contributed by atoms with Crippen molar-refractivity contribution < 1.29 is 0 Å². The lowest BCUT2D eigenvalue weighted by atomic mass is 10.0. The van der Waals surface area contributed by atoms with E-state index < -0.39 is 0 Å². The van der Waals surface area contributed by atoms with Gasteiger partial charge in [0.25, 0.3) is 0 Å². The van der Waals surface area contributed by atoms with Crippen molar-refractivity contribution >= 4 is 0 Å². The standard InChI is InChI=1S/C11H18N2/c12-9-5-4-8-11(13)10-6-2-1-3-7-10/h1-3,6-7,11H,4-5,8-9,12-13H2/t11-/m0/s1. The van der Waals surface area contributed by atoms with Crippen LogP contribution < -0.4 is 11.5 Å². The molecule has 0 saturated heterocycles. The molecule has 4 N–H and O–H groups in total. The summed E-state index contributed by atoms with van der Waals surface area (Å²) in [5.74, 6) is 0. The van der Waals surface area contributed by atoms with Crippen LogP contribution in [0.1, 0.15) is 30.9 Å². The Bertz CT molecular complexity index is 221. The van der Waals surface area contributed by atoms with Crippen molar-refractivity contribution in [2.24, 2.45) is 11.5 Å². The van der Waals surface area contributed by atoms with Gasteiger partial charge in [0.2, 0.25) is 0 Å². The Morgan fingerprint density at radius 3 is 2.38 bits per heavy atom. The molecule has 1 atom stereocenters. The van der Waals surface area contributed by atoms with Gasteiger partial charge in [-0.05, 0) is 24.9 Å². The lowest BCUT2D eigenvalue weighted by Gasteiger charge is -2.10. The molecule has 0 saturated carbocycles. The third-order valence-corrected chi connectivity index (χ3v) is 2.20. The van der Waals surface area contributed by atoms with Crippen molar-refractivity contribution in [3.05, 3.63) is 35.9 Å². The summed E-state index contributed by atoms with van der Waals surface area (Å²) in [7, 11) is 0. The second-order valence-electron chi connectivity index (χ2n) is 3.30. The van der Waals surface area contributed by atoms with Gasteiger partial charge in [0.15, 0.2) is 0 Å². The van der Waals surface area contributed by atoms with Crippen molar-refractivity contribution in [2.75, 3.05) is 6.54 Å². The summed E-state index contributed by atoms with van der Waals surface area (Å²) in [6.07, 6.45) is 3.22. The van der Waals surface area contributed by atoms with Crippen LogP contribution in [0.3, 0.4) is 0 Å². The van der Waals surface area contributed by atoms with Gasteiger partial charge in [-0.2, -0.15) is 0 Å². The Morgan fingerprint density at radius 2 is 1.77 bits per heavy atom. The molecule has 13 heavy (non-hydrogen) atoms. The molecule has 0 aliphatic rings. The highest BCUT2D eigenvalue weighted by atomic mass is 14.6. The monoisotopic (exact) mass is 178 g/mol. The minimum absolute atomic E-state index is 0.174. The normalized spacial score (nSPS) is 12.8. The largest absolute Gasteiger partial charge is 0.330 e. The molecule has 0 aliphatic heterocycles. The summed E-state index contributed by atoms with van der Waals surface area (Å²) >= 11 is 0. The zero-order chi connectivity index (χ0) is 9.52. The molecule has 72 valence electrons. The molecule has 0 unspecified atom stereocenters. The fourth-order valence-electron chi connectivity index (χ4n) is 1.38. The van der Waals surface area contributed by atoms with E-state index in [0.717, 1.165) is 25.8 Å². The number of unbranched alkanes of at least 4 members (excludes halogenated alkanes) is 1. The maximum absolute atomic E-state index is 5.99. The molecule has 1 rings (SSSR count). The van der Waals surface area contributed by atoms with E-state index in [1.807, 2.05) is 18.2 Å². The molecule has 0 radical (unpaired) electrons. The van der Waals surface area contributed by atoms with Gasteiger partial charge in [0.1, 0.15) is 0 Å². The van der Waals surface area contributed by atoms with Crippen LogP contribution in [-0.2, 0) is 0 Å². The quantitative estimate of drug-likeness (QED) is 0.676. The fourth-order valence-corrected chi connectivity index (χ4v) is 1.38. The third kappa shape index (κ3) is 3.57. The van der Waals surface area contributed by atoms with Gasteiger partial charge < -0.3 is 11.5 Å². The predicted molar refractivity (Wildman–Crippen MR) is 56.3 cm³/mol. The Morgan fingerprint density at radius 1 is 1.08 bits per heavy atom. The average molecular weight is 178 g/mol. The van der Waals surface area contributed by atoms with Crippen LogP contribution in [0, 0.1) is 0 Å². The van der Waals surface area contributed by atoms with Crippen molar-refractivity contribution in [1.29, 1.82) is 0 Å². The highest BCUT2D eigenvalue weighted by molar-refractivity contribution is 5.18. The first-order chi connectivity index (χ1) is 6.34. The summed E-state index contributed by atoms with van der Waals surface area (Å²) in [5.41, 5.74) is 12.6. The number of hydrogen-bond donors (Lipinski definition) is 2. The predicted octanol–water partition coefficient (Wildman–Crippen LogP) is 1.82. The van der Waals surface area contributed by atoms with E-state index >= 15 is 0 Å². The number of hydrogen-bond acceptors (Lipinski definition) is 2. The number of rotatable bonds is 5. The van der Waals surface area contributed by atoms with Crippen LogP contribution >= 0.6 is 0 Å². The van der Waals surface area contributed by atoms with E-state index in [2.05, 4.69) is 12.1 Å². The van der Waals surface area contributed by atoms with Crippen molar-refractivity contribution in [3.8, 4) is 0 Å². The summed E-state index contributed by atoms with van der Waals surface area (Å²) in [6, 6.07) is 10.4. The summed E-state index contributed by atoms with van der Waals surface area (Å²) in [5, 5.41) is 0. The van der Waals surface area contributed by atoms with Crippen molar-refractivity contribution in [2.45, 2.75) is 25.3 Å². The Labute approximate surface area is 79.9 Å². The van der Waals surface area contributed by atoms with Crippen LogP contribution in [0.25, 0.3) is 0 Å². The highest BCUT2D eigenvalue weighted by Crippen LogP contribution is 2.15. The molecule has 0 heterocycles. The van der Waals surface area contributed by atoms with Crippen LogP contribution in [0.4, 0.5) is 0 Å². The second kappa shape index (κ2) is 5.73. The molecule has 2 heteroatoms. The maximum Gasteiger partial charge on any atom is 0.0294 e. The Hall–Kier alpha value is -0.860. The van der Waals surface area contributed by atoms with Gasteiger partial charge in [-0.15, -0.1) is 0 Å². The first-order valence-electron chi connectivity index (χ1n) is 4.85. The summed E-state index contributed by atoms with van der Waals surface area (Å²) in [4.78, 5) is 0. The van der Waals surface area contributed by atoms with Gasteiger partial charge >= 0.3 is 0 Å². The number of nitrogens with two attached hydrogens (primary N) is 2. The molecule has 1 aromatic carbocycles. The zero-order valence-electron chi connectivity index (χ0n) is 7.95.